The van der Waals surface area contributed by atoms with Crippen LogP contribution in [0.15, 0.2) is 53.6 Å². The summed E-state index contributed by atoms with van der Waals surface area (Å²) in [6.07, 6.45) is -0.562. The fraction of sp³-hybridized carbons (Fsp3) is 0.238. The van der Waals surface area contributed by atoms with Gasteiger partial charge >= 0.3 is 0 Å². The largest absolute Gasteiger partial charge is 0.473 e. The van der Waals surface area contributed by atoms with Crippen molar-refractivity contribution in [1.29, 1.82) is 0 Å². The third-order valence-corrected chi connectivity index (χ3v) is 7.49. The zero-order valence-corrected chi connectivity index (χ0v) is 19.0. The summed E-state index contributed by atoms with van der Waals surface area (Å²) >= 11 is 0.578. The van der Waals surface area contributed by atoms with E-state index in [-0.39, 0.29) is 41.9 Å². The number of ether oxygens (including phenoxy) is 2. The van der Waals surface area contributed by atoms with Crippen LogP contribution in [-0.2, 0) is 19.6 Å². The predicted octanol–water partition coefficient (Wildman–Crippen LogP) is 3.34. The molecule has 1 amide bonds. The van der Waals surface area contributed by atoms with E-state index in [1.165, 1.54) is 28.6 Å². The number of halogens is 3. The highest BCUT2D eigenvalue weighted by atomic mass is 32.2. The van der Waals surface area contributed by atoms with E-state index < -0.39 is 44.5 Å². The van der Waals surface area contributed by atoms with Crippen molar-refractivity contribution >= 4 is 32.4 Å². The molecule has 1 aromatic heterocycles. The van der Waals surface area contributed by atoms with Crippen molar-refractivity contribution in [2.75, 3.05) is 31.6 Å². The Hall–Kier alpha value is -3.00. The van der Waals surface area contributed by atoms with E-state index in [9.17, 15) is 26.4 Å². The van der Waals surface area contributed by atoms with Crippen molar-refractivity contribution in [2.24, 2.45) is 0 Å². The molecule has 4 rings (SSSR count). The zero-order valence-electron chi connectivity index (χ0n) is 17.4. The summed E-state index contributed by atoms with van der Waals surface area (Å²) in [4.78, 5) is 16.6. The minimum absolute atomic E-state index is 0.00716. The van der Waals surface area contributed by atoms with Crippen LogP contribution in [-0.4, -0.2) is 49.9 Å². The molecule has 1 fully saturated rings. The summed E-state index contributed by atoms with van der Waals surface area (Å²) in [5.41, 5.74) is 0.180. The SMILES string of the molecule is O=C(Nc1ncc(F)s1)C(Oc1ccc(F)cc1F)c1ccc(S(=O)(=O)N2CCOCC2)cc1. The number of amides is 1. The number of morpholine rings is 1. The van der Waals surface area contributed by atoms with Crippen molar-refractivity contribution in [2.45, 2.75) is 11.0 Å². The molecule has 0 bridgehead atoms. The number of thiazole rings is 1. The topological polar surface area (TPSA) is 97.8 Å². The Morgan fingerprint density at radius 1 is 1.12 bits per heavy atom. The number of nitrogens with zero attached hydrogens (tertiary/aromatic N) is 2. The standard InChI is InChI=1S/C21H18F3N3O5S2/c22-14-3-6-17(16(23)11-14)32-19(20(28)26-21-25-12-18(24)33-21)13-1-4-15(5-2-13)34(29,30)27-7-9-31-10-8-27/h1-6,11-12,19H,7-10H2,(H,25,26,28). The smallest absolute Gasteiger partial charge is 0.271 e. The molecular formula is C21H18F3N3O5S2. The van der Waals surface area contributed by atoms with Gasteiger partial charge in [0.15, 0.2) is 21.8 Å². The van der Waals surface area contributed by atoms with E-state index >= 15 is 0 Å². The van der Waals surface area contributed by atoms with E-state index in [0.717, 1.165) is 18.3 Å². The monoisotopic (exact) mass is 513 g/mol. The third-order valence-electron chi connectivity index (χ3n) is 4.88. The molecule has 0 saturated carbocycles. The molecule has 0 radical (unpaired) electrons. The first-order valence-corrected chi connectivity index (χ1v) is 12.2. The molecule has 0 aliphatic carbocycles. The van der Waals surface area contributed by atoms with E-state index in [4.69, 9.17) is 9.47 Å². The van der Waals surface area contributed by atoms with Gasteiger partial charge in [0.2, 0.25) is 16.1 Å². The molecule has 2 aromatic carbocycles. The normalized spacial score (nSPS) is 15.6. The molecule has 8 nitrogen and oxygen atoms in total. The minimum atomic E-state index is -3.78. The number of rotatable bonds is 7. The first-order valence-electron chi connectivity index (χ1n) is 9.96. The minimum Gasteiger partial charge on any atom is -0.473 e. The van der Waals surface area contributed by atoms with Crippen molar-refractivity contribution < 1.29 is 35.9 Å². The lowest BCUT2D eigenvalue weighted by Gasteiger charge is -2.26. The molecule has 2 heterocycles. The van der Waals surface area contributed by atoms with Crippen molar-refractivity contribution in [3.63, 3.8) is 0 Å². The van der Waals surface area contributed by atoms with E-state index in [1.54, 1.807) is 0 Å². The fourth-order valence-electron chi connectivity index (χ4n) is 3.20. The number of nitrogens with one attached hydrogen (secondary N) is 1. The number of sulfonamides is 1. The highest BCUT2D eigenvalue weighted by Crippen LogP contribution is 2.28. The number of anilines is 1. The Morgan fingerprint density at radius 2 is 1.82 bits per heavy atom. The van der Waals surface area contributed by atoms with Crippen LogP contribution < -0.4 is 10.1 Å². The quantitative estimate of drug-likeness (QED) is 0.521. The van der Waals surface area contributed by atoms with Crippen LogP contribution >= 0.6 is 11.3 Å². The molecule has 1 aliphatic heterocycles. The molecule has 0 spiro atoms. The Kier molecular flexibility index (Phi) is 7.16. The average molecular weight is 514 g/mol. The summed E-state index contributed by atoms with van der Waals surface area (Å²) < 4.78 is 78.4. The van der Waals surface area contributed by atoms with Gasteiger partial charge in [-0.05, 0) is 24.3 Å². The van der Waals surface area contributed by atoms with Crippen molar-refractivity contribution in [1.82, 2.24) is 9.29 Å². The summed E-state index contributed by atoms with van der Waals surface area (Å²) in [5, 5.41) is 1.69. The number of hydrogen-bond acceptors (Lipinski definition) is 7. The lowest BCUT2D eigenvalue weighted by atomic mass is 10.1. The Morgan fingerprint density at radius 3 is 2.44 bits per heavy atom. The Balaban J connectivity index is 1.62. The van der Waals surface area contributed by atoms with Crippen molar-refractivity contribution in [3.05, 3.63) is 71.0 Å². The lowest BCUT2D eigenvalue weighted by Crippen LogP contribution is -2.40. The predicted molar refractivity (Wildman–Crippen MR) is 116 cm³/mol. The maximum absolute atomic E-state index is 14.2. The molecule has 3 aromatic rings. The van der Waals surface area contributed by atoms with Gasteiger partial charge in [-0.1, -0.05) is 23.5 Å². The number of aromatic nitrogens is 1. The van der Waals surface area contributed by atoms with Gasteiger partial charge in [0.05, 0.1) is 24.3 Å². The van der Waals surface area contributed by atoms with Gasteiger partial charge in [0.1, 0.15) is 5.82 Å². The van der Waals surface area contributed by atoms with Gasteiger partial charge in [-0.25, -0.2) is 22.2 Å². The Bertz CT molecular complexity index is 1280. The average Bonchev–Trinajstić information content (AvgIpc) is 3.23. The number of hydrogen-bond donors (Lipinski definition) is 1. The van der Waals surface area contributed by atoms with Gasteiger partial charge in [0.25, 0.3) is 5.91 Å². The molecule has 1 aliphatic rings. The van der Waals surface area contributed by atoms with Gasteiger partial charge < -0.3 is 9.47 Å². The maximum Gasteiger partial charge on any atom is 0.271 e. The van der Waals surface area contributed by atoms with E-state index in [1.807, 2.05) is 0 Å². The van der Waals surface area contributed by atoms with Crippen LogP contribution in [0.2, 0.25) is 0 Å². The van der Waals surface area contributed by atoms with Gasteiger partial charge in [-0.2, -0.15) is 8.70 Å². The summed E-state index contributed by atoms with van der Waals surface area (Å²) in [5.74, 6) is -3.09. The first-order chi connectivity index (χ1) is 16.2. The molecule has 13 heteroatoms. The summed E-state index contributed by atoms with van der Waals surface area (Å²) in [7, 11) is -3.78. The van der Waals surface area contributed by atoms with Crippen LogP contribution in [0.25, 0.3) is 0 Å². The second-order valence-corrected chi connectivity index (χ2v) is 10.0. The highest BCUT2D eigenvalue weighted by molar-refractivity contribution is 7.89. The fourth-order valence-corrected chi connectivity index (χ4v) is 5.16. The number of carbonyl (C=O) groups is 1. The van der Waals surface area contributed by atoms with Crippen LogP contribution in [0.1, 0.15) is 11.7 Å². The maximum atomic E-state index is 14.2. The lowest BCUT2D eigenvalue weighted by molar-refractivity contribution is -0.123. The first kappa shape index (κ1) is 24.1. The molecular weight excluding hydrogens is 495 g/mol. The van der Waals surface area contributed by atoms with Gasteiger partial charge in [-0.3, -0.25) is 10.1 Å². The zero-order chi connectivity index (χ0) is 24.3. The van der Waals surface area contributed by atoms with Gasteiger partial charge in [0, 0.05) is 24.7 Å². The highest BCUT2D eigenvalue weighted by Gasteiger charge is 2.29. The summed E-state index contributed by atoms with van der Waals surface area (Å²) in [6.45, 7) is 1.00. The third kappa shape index (κ3) is 5.38. The molecule has 1 unspecified atom stereocenters. The van der Waals surface area contributed by atoms with Gasteiger partial charge in [-0.15, -0.1) is 0 Å². The Labute approximate surface area is 197 Å². The van der Waals surface area contributed by atoms with Crippen LogP contribution in [0.4, 0.5) is 18.3 Å². The van der Waals surface area contributed by atoms with E-state index in [0.29, 0.717) is 17.4 Å². The molecule has 1 saturated heterocycles. The molecule has 180 valence electrons. The molecule has 34 heavy (non-hydrogen) atoms. The second kappa shape index (κ2) is 10.1. The van der Waals surface area contributed by atoms with Crippen LogP contribution in [0, 0.1) is 16.8 Å². The molecule has 1 atom stereocenters. The number of benzene rings is 2. The van der Waals surface area contributed by atoms with Crippen LogP contribution in [0.5, 0.6) is 5.75 Å². The van der Waals surface area contributed by atoms with E-state index in [2.05, 4.69) is 10.3 Å². The van der Waals surface area contributed by atoms with Crippen molar-refractivity contribution in [3.8, 4) is 5.75 Å². The number of carbonyl (C=O) groups excluding carboxylic acids is 1. The summed E-state index contributed by atoms with van der Waals surface area (Å²) in [6, 6.07) is 7.87. The second-order valence-electron chi connectivity index (χ2n) is 7.12. The molecule has 1 N–H and O–H groups in total. The van der Waals surface area contributed by atoms with Crippen LogP contribution in [0.3, 0.4) is 0 Å².